The molecule has 0 aromatic heterocycles. The summed E-state index contributed by atoms with van der Waals surface area (Å²) in [5.74, 6) is -0.0655. The molecule has 0 radical (unpaired) electrons. The van der Waals surface area contributed by atoms with Gasteiger partial charge in [-0.15, -0.1) is 0 Å². The molecule has 0 aromatic rings. The second-order valence-electron chi connectivity index (χ2n) is 11.2. The summed E-state index contributed by atoms with van der Waals surface area (Å²) in [5.41, 5.74) is 0. The van der Waals surface area contributed by atoms with Crippen molar-refractivity contribution in [3.05, 3.63) is 12.2 Å². The maximum Gasteiger partial charge on any atom is 0.220 e. The Morgan fingerprint density at radius 3 is 1.41 bits per heavy atom. The molecule has 1 amide bonds. The number of carbonyl (C=O) groups excluding carboxylic acids is 1. The summed E-state index contributed by atoms with van der Waals surface area (Å²) in [7, 11) is 0. The highest BCUT2D eigenvalue weighted by Crippen LogP contribution is 2.14. The second kappa shape index (κ2) is 29.7. The molecule has 2 atom stereocenters. The molecule has 0 aliphatic carbocycles. The first-order chi connectivity index (χ1) is 18.2. The smallest absolute Gasteiger partial charge is 0.220 e. The van der Waals surface area contributed by atoms with Crippen molar-refractivity contribution in [1.29, 1.82) is 0 Å². The van der Waals surface area contributed by atoms with Gasteiger partial charge in [0.15, 0.2) is 0 Å². The van der Waals surface area contributed by atoms with Crippen molar-refractivity contribution < 1.29 is 15.0 Å². The standard InChI is InChI=1S/C33H65NO3/c1-3-5-7-9-11-13-15-17-19-21-23-25-27-29-33(37)34-31(30-35)32(36)28-26-24-22-20-18-16-14-12-10-8-6-4-2/h26,28,31-32,35-36H,3-25,27,29-30H2,1-2H3,(H,34,37)/b28-26+. The van der Waals surface area contributed by atoms with Gasteiger partial charge in [-0.25, -0.2) is 0 Å². The molecule has 0 saturated heterocycles. The van der Waals surface area contributed by atoms with Crippen LogP contribution >= 0.6 is 0 Å². The third-order valence-corrected chi connectivity index (χ3v) is 7.52. The molecule has 4 heteroatoms. The van der Waals surface area contributed by atoms with E-state index in [-0.39, 0.29) is 12.5 Å². The summed E-state index contributed by atoms with van der Waals surface area (Å²) in [5, 5.41) is 22.8. The van der Waals surface area contributed by atoms with Crippen molar-refractivity contribution in [1.82, 2.24) is 5.32 Å². The Bertz CT molecular complexity index is 494. The minimum atomic E-state index is -0.830. The Balaban J connectivity index is 3.64. The van der Waals surface area contributed by atoms with E-state index in [1.165, 1.54) is 128 Å². The summed E-state index contributed by atoms with van der Waals surface area (Å²) >= 11 is 0. The summed E-state index contributed by atoms with van der Waals surface area (Å²) in [4.78, 5) is 12.2. The van der Waals surface area contributed by atoms with Gasteiger partial charge in [-0.2, -0.15) is 0 Å². The third kappa shape index (κ3) is 26.5. The van der Waals surface area contributed by atoms with E-state index in [1.54, 1.807) is 6.08 Å². The zero-order chi connectivity index (χ0) is 27.2. The van der Waals surface area contributed by atoms with Crippen molar-refractivity contribution in [2.45, 2.75) is 187 Å². The van der Waals surface area contributed by atoms with Crippen LogP contribution in [0.1, 0.15) is 174 Å². The molecule has 0 heterocycles. The quantitative estimate of drug-likeness (QED) is 0.0676. The Kier molecular flexibility index (Phi) is 29.0. The molecular weight excluding hydrogens is 458 g/mol. The van der Waals surface area contributed by atoms with E-state index in [2.05, 4.69) is 19.2 Å². The molecular formula is C33H65NO3. The summed E-state index contributed by atoms with van der Waals surface area (Å²) in [6, 6.07) is -0.613. The lowest BCUT2D eigenvalue weighted by Gasteiger charge is -2.20. The number of unbranched alkanes of at least 4 members (excludes halogenated alkanes) is 22. The zero-order valence-corrected chi connectivity index (χ0v) is 25.0. The van der Waals surface area contributed by atoms with Gasteiger partial charge in [0.05, 0.1) is 18.8 Å². The summed E-state index contributed by atoms with van der Waals surface area (Å²) in [6.45, 7) is 4.28. The van der Waals surface area contributed by atoms with Crippen LogP contribution in [0.3, 0.4) is 0 Å². The average Bonchev–Trinajstić information content (AvgIpc) is 2.90. The number of aliphatic hydroxyl groups is 2. The van der Waals surface area contributed by atoms with Crippen molar-refractivity contribution in [3.63, 3.8) is 0 Å². The van der Waals surface area contributed by atoms with Gasteiger partial charge in [0, 0.05) is 6.42 Å². The molecule has 0 spiro atoms. The number of allylic oxidation sites excluding steroid dienone is 1. The molecule has 0 aromatic carbocycles. The van der Waals surface area contributed by atoms with Gasteiger partial charge < -0.3 is 15.5 Å². The fourth-order valence-electron chi connectivity index (χ4n) is 4.94. The monoisotopic (exact) mass is 523 g/mol. The highest BCUT2D eigenvalue weighted by molar-refractivity contribution is 5.76. The van der Waals surface area contributed by atoms with Crippen LogP contribution < -0.4 is 5.32 Å². The lowest BCUT2D eigenvalue weighted by atomic mass is 10.0. The van der Waals surface area contributed by atoms with Gasteiger partial charge in [0.2, 0.25) is 5.91 Å². The molecule has 0 saturated carbocycles. The topological polar surface area (TPSA) is 69.6 Å². The molecule has 3 N–H and O–H groups in total. The van der Waals surface area contributed by atoms with E-state index in [4.69, 9.17) is 0 Å². The molecule has 2 unspecified atom stereocenters. The fraction of sp³-hybridized carbons (Fsp3) is 0.909. The van der Waals surface area contributed by atoms with E-state index >= 15 is 0 Å². The Morgan fingerprint density at radius 1 is 0.622 bits per heavy atom. The normalized spacial score (nSPS) is 13.3. The SMILES string of the molecule is CCCCCCCCCCCC/C=C/C(O)C(CO)NC(=O)CCCCCCCCCCCCCCC. The predicted molar refractivity (Wildman–Crippen MR) is 161 cm³/mol. The van der Waals surface area contributed by atoms with Gasteiger partial charge in [-0.05, 0) is 19.3 Å². The van der Waals surface area contributed by atoms with Gasteiger partial charge in [0.1, 0.15) is 0 Å². The average molecular weight is 524 g/mol. The van der Waals surface area contributed by atoms with Crippen LogP contribution in [0.5, 0.6) is 0 Å². The highest BCUT2D eigenvalue weighted by atomic mass is 16.3. The zero-order valence-electron chi connectivity index (χ0n) is 25.0. The Hall–Kier alpha value is -0.870. The first kappa shape index (κ1) is 36.1. The van der Waals surface area contributed by atoms with Gasteiger partial charge in [0.25, 0.3) is 0 Å². The predicted octanol–water partition coefficient (Wildman–Crippen LogP) is 9.17. The minimum Gasteiger partial charge on any atom is -0.394 e. The van der Waals surface area contributed by atoms with Crippen LogP contribution in [0, 0.1) is 0 Å². The van der Waals surface area contributed by atoms with Crippen molar-refractivity contribution in [2.75, 3.05) is 6.61 Å². The highest BCUT2D eigenvalue weighted by Gasteiger charge is 2.17. The molecule has 0 rings (SSSR count). The Labute approximate surface area is 231 Å². The lowest BCUT2D eigenvalue weighted by Crippen LogP contribution is -2.45. The van der Waals surface area contributed by atoms with Crippen molar-refractivity contribution >= 4 is 5.91 Å². The number of hydrogen-bond acceptors (Lipinski definition) is 3. The van der Waals surface area contributed by atoms with E-state index in [9.17, 15) is 15.0 Å². The molecule has 4 nitrogen and oxygen atoms in total. The number of aliphatic hydroxyl groups excluding tert-OH is 2. The number of nitrogens with one attached hydrogen (secondary N) is 1. The van der Waals surface area contributed by atoms with E-state index in [0.717, 1.165) is 25.7 Å². The molecule has 0 aliphatic heterocycles. The first-order valence-corrected chi connectivity index (χ1v) is 16.4. The molecule has 0 fully saturated rings. The van der Waals surface area contributed by atoms with Crippen LogP contribution in [-0.2, 0) is 4.79 Å². The number of carbonyl (C=O) groups is 1. The maximum absolute atomic E-state index is 12.2. The largest absolute Gasteiger partial charge is 0.394 e. The van der Waals surface area contributed by atoms with E-state index < -0.39 is 12.1 Å². The van der Waals surface area contributed by atoms with E-state index in [1.807, 2.05) is 6.08 Å². The van der Waals surface area contributed by atoms with Gasteiger partial charge in [-0.3, -0.25) is 4.79 Å². The molecule has 220 valence electrons. The fourth-order valence-corrected chi connectivity index (χ4v) is 4.94. The van der Waals surface area contributed by atoms with Crippen LogP contribution in [0.15, 0.2) is 12.2 Å². The lowest BCUT2D eigenvalue weighted by molar-refractivity contribution is -0.123. The summed E-state index contributed by atoms with van der Waals surface area (Å²) in [6.07, 6.45) is 34.2. The molecule has 0 bridgehead atoms. The van der Waals surface area contributed by atoms with Crippen LogP contribution in [-0.4, -0.2) is 34.9 Å². The van der Waals surface area contributed by atoms with E-state index in [0.29, 0.717) is 6.42 Å². The first-order valence-electron chi connectivity index (χ1n) is 16.4. The van der Waals surface area contributed by atoms with Crippen LogP contribution in [0.4, 0.5) is 0 Å². The van der Waals surface area contributed by atoms with Crippen molar-refractivity contribution in [3.8, 4) is 0 Å². The van der Waals surface area contributed by atoms with Gasteiger partial charge in [-0.1, -0.05) is 161 Å². The second-order valence-corrected chi connectivity index (χ2v) is 11.2. The molecule has 37 heavy (non-hydrogen) atoms. The number of hydrogen-bond donors (Lipinski definition) is 3. The maximum atomic E-state index is 12.2. The van der Waals surface area contributed by atoms with Crippen LogP contribution in [0.25, 0.3) is 0 Å². The van der Waals surface area contributed by atoms with Crippen molar-refractivity contribution in [2.24, 2.45) is 0 Å². The summed E-state index contributed by atoms with van der Waals surface area (Å²) < 4.78 is 0. The van der Waals surface area contributed by atoms with Gasteiger partial charge >= 0.3 is 0 Å². The number of amides is 1. The third-order valence-electron chi connectivity index (χ3n) is 7.52. The Morgan fingerprint density at radius 2 is 1.00 bits per heavy atom. The minimum absolute atomic E-state index is 0.0655. The van der Waals surface area contributed by atoms with Crippen LogP contribution in [0.2, 0.25) is 0 Å². The number of rotatable bonds is 29. The molecule has 0 aliphatic rings.